The van der Waals surface area contributed by atoms with E-state index in [1.165, 1.54) is 0 Å². The third-order valence-corrected chi connectivity index (χ3v) is 3.17. The summed E-state index contributed by atoms with van der Waals surface area (Å²) in [6, 6.07) is 1.90. The van der Waals surface area contributed by atoms with Crippen LogP contribution in [0, 0.1) is 5.92 Å². The summed E-state index contributed by atoms with van der Waals surface area (Å²) in [6.07, 6.45) is -2.63. The number of nitrogens with zero attached hydrogens (tertiary/aromatic N) is 1. The molecule has 0 unspecified atom stereocenters. The highest BCUT2D eigenvalue weighted by Crippen LogP contribution is 2.27. The number of nitrogens with one attached hydrogen (secondary N) is 1. The number of halogens is 3. The van der Waals surface area contributed by atoms with E-state index in [0.717, 1.165) is 24.8 Å². The van der Waals surface area contributed by atoms with Gasteiger partial charge in [-0.15, -0.1) is 0 Å². The Balaban J connectivity index is 2.74. The summed E-state index contributed by atoms with van der Waals surface area (Å²) in [5.74, 6) is -0.111. The van der Waals surface area contributed by atoms with Gasteiger partial charge < -0.3 is 5.32 Å². The SMILES string of the molecule is CC[C@@H](C)[C@@H](C)NC(=O)c1ccc(C(F)(F)F)nc1. The standard InChI is InChI=1S/C13H17F3N2O/c1-4-8(2)9(3)18-12(19)10-5-6-11(17-7-10)13(14,15)16/h5-9H,4H2,1-3H3,(H,18,19)/t8-,9-/m1/s1. The summed E-state index contributed by atoms with van der Waals surface area (Å²) < 4.78 is 37.0. The molecular formula is C13H17F3N2O. The van der Waals surface area contributed by atoms with Gasteiger partial charge in [-0.3, -0.25) is 9.78 Å². The van der Waals surface area contributed by atoms with Crippen LogP contribution in [0.25, 0.3) is 0 Å². The molecule has 1 heterocycles. The predicted octanol–water partition coefficient (Wildman–Crippen LogP) is 3.26. The molecule has 106 valence electrons. The van der Waals surface area contributed by atoms with E-state index in [-0.39, 0.29) is 11.6 Å². The first-order chi connectivity index (χ1) is 8.75. The zero-order valence-electron chi connectivity index (χ0n) is 11.1. The Morgan fingerprint density at radius 2 is 2.00 bits per heavy atom. The molecule has 3 nitrogen and oxygen atoms in total. The van der Waals surface area contributed by atoms with Crippen molar-refractivity contribution in [3.05, 3.63) is 29.6 Å². The van der Waals surface area contributed by atoms with Crippen molar-refractivity contribution in [2.24, 2.45) is 5.92 Å². The van der Waals surface area contributed by atoms with Crippen LogP contribution in [0.1, 0.15) is 43.2 Å². The number of pyridine rings is 1. The minimum Gasteiger partial charge on any atom is -0.349 e. The number of rotatable bonds is 4. The molecule has 0 saturated carbocycles. The molecule has 0 aliphatic rings. The molecule has 0 aliphatic carbocycles. The smallest absolute Gasteiger partial charge is 0.349 e. The van der Waals surface area contributed by atoms with Crippen LogP contribution in [0.2, 0.25) is 0 Å². The highest BCUT2D eigenvalue weighted by atomic mass is 19.4. The van der Waals surface area contributed by atoms with Gasteiger partial charge in [0, 0.05) is 12.2 Å². The highest BCUT2D eigenvalue weighted by Gasteiger charge is 2.32. The molecule has 0 aromatic carbocycles. The molecular weight excluding hydrogens is 257 g/mol. The van der Waals surface area contributed by atoms with Gasteiger partial charge in [-0.2, -0.15) is 13.2 Å². The van der Waals surface area contributed by atoms with Crippen molar-refractivity contribution in [3.8, 4) is 0 Å². The first kappa shape index (κ1) is 15.5. The second-order valence-electron chi connectivity index (χ2n) is 4.58. The van der Waals surface area contributed by atoms with Crippen LogP contribution in [0.5, 0.6) is 0 Å². The van der Waals surface area contributed by atoms with Gasteiger partial charge in [0.15, 0.2) is 0 Å². The average molecular weight is 274 g/mol. The lowest BCUT2D eigenvalue weighted by molar-refractivity contribution is -0.141. The second kappa shape index (κ2) is 6.04. The van der Waals surface area contributed by atoms with Gasteiger partial charge in [0.2, 0.25) is 0 Å². The van der Waals surface area contributed by atoms with E-state index in [9.17, 15) is 18.0 Å². The van der Waals surface area contributed by atoms with Gasteiger partial charge in [-0.05, 0) is 25.0 Å². The first-order valence-electron chi connectivity index (χ1n) is 6.09. The summed E-state index contributed by atoms with van der Waals surface area (Å²) in [4.78, 5) is 15.1. The fraction of sp³-hybridized carbons (Fsp3) is 0.538. The Morgan fingerprint density at radius 1 is 1.37 bits per heavy atom. The molecule has 0 saturated heterocycles. The Hall–Kier alpha value is -1.59. The van der Waals surface area contributed by atoms with E-state index in [1.54, 1.807) is 0 Å². The molecule has 0 radical (unpaired) electrons. The maximum absolute atomic E-state index is 12.3. The molecule has 0 spiro atoms. The molecule has 0 aliphatic heterocycles. The first-order valence-corrected chi connectivity index (χ1v) is 6.09. The minimum atomic E-state index is -4.49. The van der Waals surface area contributed by atoms with E-state index >= 15 is 0 Å². The molecule has 0 bridgehead atoms. The fourth-order valence-corrected chi connectivity index (χ4v) is 1.48. The molecule has 1 rings (SSSR count). The number of hydrogen-bond donors (Lipinski definition) is 1. The summed E-state index contributed by atoms with van der Waals surface area (Å²) in [5, 5.41) is 2.74. The van der Waals surface area contributed by atoms with Crippen molar-refractivity contribution in [1.82, 2.24) is 10.3 Å². The van der Waals surface area contributed by atoms with Crippen molar-refractivity contribution >= 4 is 5.91 Å². The lowest BCUT2D eigenvalue weighted by Crippen LogP contribution is -2.37. The Labute approximate surface area is 110 Å². The van der Waals surface area contributed by atoms with Gasteiger partial charge in [0.1, 0.15) is 5.69 Å². The number of aromatic nitrogens is 1. The second-order valence-corrected chi connectivity index (χ2v) is 4.58. The molecule has 1 aromatic heterocycles. The number of alkyl halides is 3. The van der Waals surface area contributed by atoms with Gasteiger partial charge in [-0.25, -0.2) is 0 Å². The van der Waals surface area contributed by atoms with E-state index in [0.29, 0.717) is 5.92 Å². The molecule has 2 atom stereocenters. The van der Waals surface area contributed by atoms with Crippen molar-refractivity contribution in [3.63, 3.8) is 0 Å². The summed E-state index contributed by atoms with van der Waals surface area (Å²) in [7, 11) is 0. The van der Waals surface area contributed by atoms with Gasteiger partial charge in [0.25, 0.3) is 5.91 Å². The fourth-order valence-electron chi connectivity index (χ4n) is 1.48. The number of carbonyl (C=O) groups excluding carboxylic acids is 1. The van der Waals surface area contributed by atoms with E-state index in [2.05, 4.69) is 10.3 Å². The Kier molecular flexibility index (Phi) is 4.91. The molecule has 0 fully saturated rings. The van der Waals surface area contributed by atoms with Crippen LogP contribution in [0.15, 0.2) is 18.3 Å². The van der Waals surface area contributed by atoms with Crippen molar-refractivity contribution in [2.45, 2.75) is 39.4 Å². The molecule has 6 heteroatoms. The van der Waals surface area contributed by atoms with Crippen LogP contribution < -0.4 is 5.32 Å². The number of hydrogen-bond acceptors (Lipinski definition) is 2. The third kappa shape index (κ3) is 4.22. The van der Waals surface area contributed by atoms with E-state index in [4.69, 9.17) is 0 Å². The maximum Gasteiger partial charge on any atom is 0.433 e. The van der Waals surface area contributed by atoms with Gasteiger partial charge >= 0.3 is 6.18 Å². The maximum atomic E-state index is 12.3. The largest absolute Gasteiger partial charge is 0.433 e. The normalized spacial score (nSPS) is 14.8. The Bertz CT molecular complexity index is 429. The van der Waals surface area contributed by atoms with E-state index in [1.807, 2.05) is 20.8 Å². The van der Waals surface area contributed by atoms with Crippen LogP contribution >= 0.6 is 0 Å². The van der Waals surface area contributed by atoms with Gasteiger partial charge in [-0.1, -0.05) is 20.3 Å². The lowest BCUT2D eigenvalue weighted by atomic mass is 10.0. The molecule has 19 heavy (non-hydrogen) atoms. The van der Waals surface area contributed by atoms with Crippen molar-refractivity contribution < 1.29 is 18.0 Å². The number of amides is 1. The highest BCUT2D eigenvalue weighted by molar-refractivity contribution is 5.94. The van der Waals surface area contributed by atoms with Gasteiger partial charge in [0.05, 0.1) is 5.56 Å². The third-order valence-electron chi connectivity index (χ3n) is 3.17. The van der Waals surface area contributed by atoms with Crippen LogP contribution in [0.3, 0.4) is 0 Å². The summed E-state index contributed by atoms with van der Waals surface area (Å²) in [6.45, 7) is 5.87. The lowest BCUT2D eigenvalue weighted by Gasteiger charge is -2.19. The minimum absolute atomic E-state index is 0.0419. The van der Waals surface area contributed by atoms with Crippen molar-refractivity contribution in [2.75, 3.05) is 0 Å². The van der Waals surface area contributed by atoms with Crippen LogP contribution in [-0.2, 0) is 6.18 Å². The quantitative estimate of drug-likeness (QED) is 0.915. The molecule has 1 N–H and O–H groups in total. The Morgan fingerprint density at radius 3 is 2.42 bits per heavy atom. The van der Waals surface area contributed by atoms with Crippen LogP contribution in [-0.4, -0.2) is 16.9 Å². The predicted molar refractivity (Wildman–Crippen MR) is 65.6 cm³/mol. The van der Waals surface area contributed by atoms with E-state index < -0.39 is 17.8 Å². The molecule has 1 aromatic rings. The topological polar surface area (TPSA) is 42.0 Å². The van der Waals surface area contributed by atoms with Crippen LogP contribution in [0.4, 0.5) is 13.2 Å². The zero-order chi connectivity index (χ0) is 14.6. The van der Waals surface area contributed by atoms with Crippen molar-refractivity contribution in [1.29, 1.82) is 0 Å². The summed E-state index contributed by atoms with van der Waals surface area (Å²) >= 11 is 0. The molecule has 1 amide bonds. The zero-order valence-corrected chi connectivity index (χ0v) is 11.1. The monoisotopic (exact) mass is 274 g/mol. The average Bonchev–Trinajstić information content (AvgIpc) is 2.36. The summed E-state index contributed by atoms with van der Waals surface area (Å²) in [5.41, 5.74) is -0.873. The number of carbonyl (C=O) groups is 1.